The zero-order valence-electron chi connectivity index (χ0n) is 16.5. The molecule has 1 aromatic carbocycles. The fourth-order valence-electron chi connectivity index (χ4n) is 3.55. The van der Waals surface area contributed by atoms with E-state index in [1.807, 2.05) is 19.1 Å². The summed E-state index contributed by atoms with van der Waals surface area (Å²) in [6, 6.07) is 10.6. The lowest BCUT2D eigenvalue weighted by Crippen LogP contribution is -2.30. The molecule has 0 aliphatic carbocycles. The summed E-state index contributed by atoms with van der Waals surface area (Å²) in [5, 5.41) is 6.94. The number of nitrogens with zero attached hydrogens (tertiary/aromatic N) is 1. The molecule has 0 saturated carbocycles. The molecule has 1 saturated heterocycles. The number of anilines is 3. The van der Waals surface area contributed by atoms with Gasteiger partial charge in [-0.2, -0.15) is 0 Å². The van der Waals surface area contributed by atoms with E-state index in [0.29, 0.717) is 20.6 Å². The molecular formula is C22H22ClN3O3S. The highest BCUT2D eigenvalue weighted by atomic mass is 35.5. The normalized spacial score (nSPS) is 13.9. The van der Waals surface area contributed by atoms with Gasteiger partial charge in [0.1, 0.15) is 0 Å². The van der Waals surface area contributed by atoms with E-state index in [-0.39, 0.29) is 17.6 Å². The predicted molar refractivity (Wildman–Crippen MR) is 121 cm³/mol. The highest BCUT2D eigenvalue weighted by Gasteiger charge is 2.20. The van der Waals surface area contributed by atoms with Crippen LogP contribution in [0.5, 0.6) is 0 Å². The summed E-state index contributed by atoms with van der Waals surface area (Å²) in [4.78, 5) is 28.0. The molecule has 0 spiro atoms. The molecule has 1 fully saturated rings. The van der Waals surface area contributed by atoms with Crippen LogP contribution >= 0.6 is 22.9 Å². The molecular weight excluding hydrogens is 422 g/mol. The minimum Gasteiger partial charge on any atom is -0.459 e. The van der Waals surface area contributed by atoms with E-state index >= 15 is 0 Å². The van der Waals surface area contributed by atoms with Crippen LogP contribution in [-0.4, -0.2) is 24.9 Å². The topological polar surface area (TPSA) is 74.6 Å². The molecule has 3 heterocycles. The number of furan rings is 1. The maximum atomic E-state index is 13.0. The Morgan fingerprint density at radius 1 is 1.07 bits per heavy atom. The quantitative estimate of drug-likeness (QED) is 0.522. The van der Waals surface area contributed by atoms with Crippen LogP contribution in [-0.2, 0) is 0 Å². The van der Waals surface area contributed by atoms with Crippen molar-refractivity contribution in [1.82, 2.24) is 0 Å². The van der Waals surface area contributed by atoms with Crippen LogP contribution in [0, 0.1) is 6.92 Å². The van der Waals surface area contributed by atoms with Gasteiger partial charge in [-0.25, -0.2) is 0 Å². The zero-order chi connectivity index (χ0) is 21.1. The van der Waals surface area contributed by atoms with Crippen molar-refractivity contribution in [2.75, 3.05) is 28.6 Å². The molecule has 0 unspecified atom stereocenters. The number of carbonyl (C=O) groups is 2. The second-order valence-electron chi connectivity index (χ2n) is 7.22. The van der Waals surface area contributed by atoms with Gasteiger partial charge in [-0.1, -0.05) is 11.6 Å². The minimum absolute atomic E-state index is 0.220. The molecule has 156 valence electrons. The van der Waals surface area contributed by atoms with E-state index in [9.17, 15) is 9.59 Å². The van der Waals surface area contributed by atoms with Crippen LogP contribution in [0.4, 0.5) is 16.4 Å². The second-order valence-corrected chi connectivity index (χ2v) is 8.71. The number of halogens is 1. The first kappa shape index (κ1) is 20.5. The summed E-state index contributed by atoms with van der Waals surface area (Å²) in [6.45, 7) is 3.77. The first-order chi connectivity index (χ1) is 14.5. The monoisotopic (exact) mass is 443 g/mol. The van der Waals surface area contributed by atoms with Gasteiger partial charge in [-0.15, -0.1) is 11.3 Å². The van der Waals surface area contributed by atoms with Gasteiger partial charge < -0.3 is 20.0 Å². The highest BCUT2D eigenvalue weighted by Crippen LogP contribution is 2.33. The summed E-state index contributed by atoms with van der Waals surface area (Å²) in [7, 11) is 0. The van der Waals surface area contributed by atoms with Gasteiger partial charge >= 0.3 is 0 Å². The number of nitrogens with one attached hydrogen (secondary N) is 2. The van der Waals surface area contributed by atoms with Crippen molar-refractivity contribution in [3.63, 3.8) is 0 Å². The van der Waals surface area contributed by atoms with E-state index in [4.69, 9.17) is 16.0 Å². The van der Waals surface area contributed by atoms with Crippen molar-refractivity contribution < 1.29 is 14.0 Å². The maximum Gasteiger partial charge on any atom is 0.291 e. The van der Waals surface area contributed by atoms with Gasteiger partial charge in [0, 0.05) is 18.1 Å². The lowest BCUT2D eigenvalue weighted by Gasteiger charge is -2.30. The van der Waals surface area contributed by atoms with Gasteiger partial charge in [0.25, 0.3) is 11.8 Å². The number of hydrogen-bond acceptors (Lipinski definition) is 5. The van der Waals surface area contributed by atoms with Crippen LogP contribution in [0.25, 0.3) is 0 Å². The van der Waals surface area contributed by atoms with Crippen LogP contribution in [0.3, 0.4) is 0 Å². The molecule has 30 heavy (non-hydrogen) atoms. The Morgan fingerprint density at radius 2 is 1.87 bits per heavy atom. The summed E-state index contributed by atoms with van der Waals surface area (Å²) < 4.78 is 5.11. The number of aryl methyl sites for hydroxylation is 1. The largest absolute Gasteiger partial charge is 0.459 e. The summed E-state index contributed by atoms with van der Waals surface area (Å²) >= 11 is 7.43. The molecule has 6 nitrogen and oxygen atoms in total. The van der Waals surface area contributed by atoms with E-state index < -0.39 is 0 Å². The highest BCUT2D eigenvalue weighted by molar-refractivity contribution is 7.18. The van der Waals surface area contributed by atoms with Gasteiger partial charge in [0.2, 0.25) is 0 Å². The molecule has 2 N–H and O–H groups in total. The van der Waals surface area contributed by atoms with Gasteiger partial charge in [-0.05, 0) is 68.1 Å². The Bertz CT molecular complexity index is 1060. The smallest absolute Gasteiger partial charge is 0.291 e. The minimum atomic E-state index is -0.351. The first-order valence-corrected chi connectivity index (χ1v) is 11.0. The van der Waals surface area contributed by atoms with Crippen molar-refractivity contribution in [2.24, 2.45) is 0 Å². The Kier molecular flexibility index (Phi) is 6.11. The molecule has 4 rings (SSSR count). The standard InChI is InChI=1S/C22H22ClN3O3S/c1-14-12-19(25-21(27)18-6-5-11-29-18)30-20(14)22(28)24-16-13-15(23)7-8-17(16)26-9-3-2-4-10-26/h5-8,11-13H,2-4,9-10H2,1H3,(H,24,28)(H,25,27). The third-order valence-electron chi connectivity index (χ3n) is 5.01. The van der Waals surface area contributed by atoms with E-state index in [0.717, 1.165) is 37.2 Å². The van der Waals surface area contributed by atoms with Crippen molar-refractivity contribution in [1.29, 1.82) is 0 Å². The number of amides is 2. The SMILES string of the molecule is Cc1cc(NC(=O)c2ccco2)sc1C(=O)Nc1cc(Cl)ccc1N1CCCCC1. The third kappa shape index (κ3) is 4.52. The van der Waals surface area contributed by atoms with Crippen LogP contribution < -0.4 is 15.5 Å². The average molecular weight is 444 g/mol. The molecule has 8 heteroatoms. The number of rotatable bonds is 5. The van der Waals surface area contributed by atoms with Gasteiger partial charge in [0.15, 0.2) is 5.76 Å². The summed E-state index contributed by atoms with van der Waals surface area (Å²) in [5.41, 5.74) is 2.46. The molecule has 0 bridgehead atoms. The number of carbonyl (C=O) groups excluding carboxylic acids is 2. The Morgan fingerprint density at radius 3 is 2.60 bits per heavy atom. The van der Waals surface area contributed by atoms with Gasteiger partial charge in [-0.3, -0.25) is 9.59 Å². The van der Waals surface area contributed by atoms with Crippen molar-refractivity contribution >= 4 is 51.1 Å². The van der Waals surface area contributed by atoms with E-state index in [1.54, 1.807) is 24.3 Å². The van der Waals surface area contributed by atoms with Crippen molar-refractivity contribution in [3.05, 3.63) is 63.9 Å². The lowest BCUT2D eigenvalue weighted by molar-refractivity contribution is 0.0995. The maximum absolute atomic E-state index is 13.0. The van der Waals surface area contributed by atoms with Gasteiger partial charge in [0.05, 0.1) is 27.5 Å². The van der Waals surface area contributed by atoms with Crippen LogP contribution in [0.1, 0.15) is 45.1 Å². The molecule has 3 aromatic rings. The number of benzene rings is 1. The van der Waals surface area contributed by atoms with E-state index in [1.165, 1.54) is 24.0 Å². The van der Waals surface area contributed by atoms with E-state index in [2.05, 4.69) is 15.5 Å². The van der Waals surface area contributed by atoms with Crippen molar-refractivity contribution in [3.8, 4) is 0 Å². The van der Waals surface area contributed by atoms with Crippen LogP contribution in [0.2, 0.25) is 5.02 Å². The second kappa shape index (κ2) is 8.93. The fraction of sp³-hybridized carbons (Fsp3) is 0.273. The molecule has 0 atom stereocenters. The average Bonchev–Trinajstić information content (AvgIpc) is 3.39. The number of hydrogen-bond donors (Lipinski definition) is 2. The summed E-state index contributed by atoms with van der Waals surface area (Å²) in [5.74, 6) is -0.357. The Labute approximate surface area is 183 Å². The molecule has 1 aliphatic heterocycles. The number of piperidine rings is 1. The molecule has 0 radical (unpaired) electrons. The number of thiophene rings is 1. The Hall–Kier alpha value is -2.77. The summed E-state index contributed by atoms with van der Waals surface area (Å²) in [6.07, 6.45) is 4.95. The fourth-order valence-corrected chi connectivity index (χ4v) is 4.68. The molecule has 1 aliphatic rings. The zero-order valence-corrected chi connectivity index (χ0v) is 18.1. The first-order valence-electron chi connectivity index (χ1n) is 9.82. The third-order valence-corrected chi connectivity index (χ3v) is 6.40. The predicted octanol–water partition coefficient (Wildman–Crippen LogP) is 5.80. The Balaban J connectivity index is 1.52. The van der Waals surface area contributed by atoms with Crippen molar-refractivity contribution in [2.45, 2.75) is 26.2 Å². The molecule has 2 amide bonds. The molecule has 2 aromatic heterocycles. The lowest BCUT2D eigenvalue weighted by atomic mass is 10.1. The van der Waals surface area contributed by atoms with Crippen LogP contribution in [0.15, 0.2) is 47.1 Å².